The average molecular weight is 396 g/mol. The molecule has 2 aliphatic rings. The molecule has 1 aliphatic carbocycles. The van der Waals surface area contributed by atoms with Crippen LogP contribution in [-0.4, -0.2) is 75.2 Å². The first-order valence-corrected chi connectivity index (χ1v) is 9.46. The van der Waals surface area contributed by atoms with E-state index in [1.165, 1.54) is 0 Å². The Kier molecular flexibility index (Phi) is 6.21. The van der Waals surface area contributed by atoms with E-state index in [2.05, 4.69) is 0 Å². The lowest BCUT2D eigenvalue weighted by atomic mass is 9.92. The van der Waals surface area contributed by atoms with Gasteiger partial charge < -0.3 is 35.0 Å². The fourth-order valence-electron chi connectivity index (χ4n) is 4.12. The van der Waals surface area contributed by atoms with Gasteiger partial charge in [0.15, 0.2) is 12.1 Å². The summed E-state index contributed by atoms with van der Waals surface area (Å²) in [5.74, 6) is -0.537. The molecule has 1 fully saturated rings. The zero-order chi connectivity index (χ0) is 20.7. The quantitative estimate of drug-likeness (QED) is 0.451. The van der Waals surface area contributed by atoms with Crippen molar-refractivity contribution in [3.8, 4) is 0 Å². The first-order valence-electron chi connectivity index (χ1n) is 9.46. The molecular formula is C20H28O8. The number of hydrogen-bond acceptors (Lipinski definition) is 8. The van der Waals surface area contributed by atoms with Gasteiger partial charge in [0, 0.05) is 11.5 Å². The van der Waals surface area contributed by atoms with Crippen LogP contribution in [0.5, 0.6) is 0 Å². The molecule has 1 heterocycles. The van der Waals surface area contributed by atoms with Crippen LogP contribution in [0.1, 0.15) is 45.6 Å². The Morgan fingerprint density at radius 1 is 1.11 bits per heavy atom. The van der Waals surface area contributed by atoms with Crippen LogP contribution in [0.4, 0.5) is 0 Å². The molecule has 7 atom stereocenters. The highest BCUT2D eigenvalue weighted by molar-refractivity contribution is 6.04. The Morgan fingerprint density at radius 2 is 1.79 bits per heavy atom. The van der Waals surface area contributed by atoms with Crippen molar-refractivity contribution in [2.45, 2.75) is 64.0 Å². The van der Waals surface area contributed by atoms with Gasteiger partial charge in [0.2, 0.25) is 0 Å². The van der Waals surface area contributed by atoms with Crippen LogP contribution in [0.25, 0.3) is 0 Å². The second-order valence-electron chi connectivity index (χ2n) is 7.68. The van der Waals surface area contributed by atoms with Crippen LogP contribution in [0, 0.1) is 19.8 Å². The van der Waals surface area contributed by atoms with Crippen LogP contribution < -0.4 is 0 Å². The highest BCUT2D eigenvalue weighted by Crippen LogP contribution is 2.39. The molecule has 8 heteroatoms. The lowest BCUT2D eigenvalue weighted by molar-refractivity contribution is -0.300. The van der Waals surface area contributed by atoms with Crippen molar-refractivity contribution < 1.29 is 39.8 Å². The summed E-state index contributed by atoms with van der Waals surface area (Å²) in [5.41, 5.74) is 3.87. The van der Waals surface area contributed by atoms with Crippen LogP contribution >= 0.6 is 0 Å². The molecule has 1 aromatic rings. The second kappa shape index (κ2) is 8.16. The van der Waals surface area contributed by atoms with Crippen LogP contribution in [0.2, 0.25) is 0 Å². The van der Waals surface area contributed by atoms with Gasteiger partial charge >= 0.3 is 0 Å². The Bertz CT molecular complexity index is 746. The summed E-state index contributed by atoms with van der Waals surface area (Å²) >= 11 is 0. The fraction of sp³-hybridized carbons (Fsp3) is 0.650. The van der Waals surface area contributed by atoms with E-state index >= 15 is 0 Å². The number of fused-ring (bicyclic) bond motifs is 1. The monoisotopic (exact) mass is 396 g/mol. The van der Waals surface area contributed by atoms with E-state index in [1.54, 1.807) is 6.92 Å². The largest absolute Gasteiger partial charge is 0.394 e. The summed E-state index contributed by atoms with van der Waals surface area (Å²) in [4.78, 5) is 12.5. The number of benzene rings is 1. The van der Waals surface area contributed by atoms with E-state index in [4.69, 9.17) is 9.47 Å². The van der Waals surface area contributed by atoms with Crippen molar-refractivity contribution in [3.63, 3.8) is 0 Å². The van der Waals surface area contributed by atoms with Gasteiger partial charge in [-0.15, -0.1) is 0 Å². The van der Waals surface area contributed by atoms with Crippen molar-refractivity contribution in [2.75, 3.05) is 13.2 Å². The Hall–Kier alpha value is -1.39. The average Bonchev–Trinajstić information content (AvgIpc) is 2.88. The molecule has 3 rings (SSSR count). The number of aliphatic hydroxyl groups excluding tert-OH is 5. The summed E-state index contributed by atoms with van der Waals surface area (Å²) in [7, 11) is 0. The molecule has 0 amide bonds. The number of Topliss-reactive ketones (excluding diaryl/α,β-unsaturated/α-hetero) is 1. The zero-order valence-electron chi connectivity index (χ0n) is 16.2. The van der Waals surface area contributed by atoms with Crippen molar-refractivity contribution in [1.82, 2.24) is 0 Å². The standard InChI is InChI=1S/C20H28O8/c1-8-6-12-14(16(23)10(3)15(12)22)9(2)11(8)4-5-27-20-19(26)18(25)17(24)13(7-21)28-20/h6,10,13,15,17-22,24-26H,4-5,7H2,1-3H3/t10?,13-,15-,17-,18+,19-,20-/m1/s1. The molecule has 1 aliphatic heterocycles. The maximum Gasteiger partial charge on any atom is 0.186 e. The molecule has 156 valence electrons. The zero-order valence-corrected chi connectivity index (χ0v) is 16.2. The molecule has 0 saturated carbocycles. The van der Waals surface area contributed by atoms with E-state index in [0.29, 0.717) is 17.5 Å². The van der Waals surface area contributed by atoms with Gasteiger partial charge in [-0.2, -0.15) is 0 Å². The van der Waals surface area contributed by atoms with E-state index < -0.39 is 49.3 Å². The van der Waals surface area contributed by atoms with E-state index in [0.717, 1.165) is 16.7 Å². The number of ether oxygens (including phenoxy) is 2. The minimum Gasteiger partial charge on any atom is -0.394 e. The first-order chi connectivity index (χ1) is 13.2. The van der Waals surface area contributed by atoms with Crippen LogP contribution in [-0.2, 0) is 15.9 Å². The number of aliphatic hydroxyl groups is 5. The molecule has 8 nitrogen and oxygen atoms in total. The first kappa shape index (κ1) is 21.3. The molecule has 0 spiro atoms. The molecule has 28 heavy (non-hydrogen) atoms. The van der Waals surface area contributed by atoms with E-state index in [1.807, 2.05) is 19.9 Å². The lowest BCUT2D eigenvalue weighted by Gasteiger charge is -2.39. The van der Waals surface area contributed by atoms with Gasteiger partial charge in [-0.25, -0.2) is 0 Å². The Balaban J connectivity index is 1.72. The maximum absolute atomic E-state index is 12.5. The summed E-state index contributed by atoms with van der Waals surface area (Å²) in [5, 5.41) is 49.2. The third-order valence-corrected chi connectivity index (χ3v) is 5.90. The van der Waals surface area contributed by atoms with Gasteiger partial charge in [-0.05, 0) is 42.5 Å². The number of hydrogen-bond donors (Lipinski definition) is 5. The van der Waals surface area contributed by atoms with Crippen molar-refractivity contribution in [1.29, 1.82) is 0 Å². The molecule has 1 unspecified atom stereocenters. The van der Waals surface area contributed by atoms with Gasteiger partial charge in [0.1, 0.15) is 24.4 Å². The van der Waals surface area contributed by atoms with Gasteiger partial charge in [0.25, 0.3) is 0 Å². The number of ketones is 1. The SMILES string of the molecule is Cc1cc2c(c(C)c1CCO[C@@H]1O[C@H](CO)[C@@H](O)[C@H](O)[C@H]1O)C(=O)C(C)[C@H]2O. The summed E-state index contributed by atoms with van der Waals surface area (Å²) in [6.07, 6.45) is -6.93. The number of carbonyl (C=O) groups is 1. The predicted octanol–water partition coefficient (Wildman–Crippen LogP) is -0.472. The molecular weight excluding hydrogens is 368 g/mol. The molecule has 5 N–H and O–H groups in total. The highest BCUT2D eigenvalue weighted by Gasteiger charge is 2.44. The summed E-state index contributed by atoms with van der Waals surface area (Å²) in [6.45, 7) is 5.07. The third kappa shape index (κ3) is 3.50. The summed E-state index contributed by atoms with van der Waals surface area (Å²) in [6, 6.07) is 1.83. The van der Waals surface area contributed by atoms with Crippen molar-refractivity contribution in [2.24, 2.45) is 5.92 Å². The van der Waals surface area contributed by atoms with Crippen molar-refractivity contribution in [3.05, 3.63) is 33.9 Å². The minimum atomic E-state index is -1.49. The van der Waals surface area contributed by atoms with E-state index in [9.17, 15) is 30.3 Å². The number of aryl methyl sites for hydroxylation is 1. The third-order valence-electron chi connectivity index (χ3n) is 5.90. The highest BCUT2D eigenvalue weighted by atomic mass is 16.7. The van der Waals surface area contributed by atoms with Gasteiger partial charge in [-0.1, -0.05) is 13.0 Å². The lowest BCUT2D eigenvalue weighted by Crippen LogP contribution is -2.59. The molecule has 0 aromatic heterocycles. The predicted molar refractivity (Wildman–Crippen MR) is 97.8 cm³/mol. The second-order valence-corrected chi connectivity index (χ2v) is 7.68. The topological polar surface area (TPSA) is 137 Å². The van der Waals surface area contributed by atoms with E-state index in [-0.39, 0.29) is 12.4 Å². The summed E-state index contributed by atoms with van der Waals surface area (Å²) < 4.78 is 10.9. The fourth-order valence-corrected chi connectivity index (χ4v) is 4.12. The number of rotatable bonds is 5. The molecule has 1 saturated heterocycles. The Labute approximate surface area is 163 Å². The number of carbonyl (C=O) groups excluding carboxylic acids is 1. The Morgan fingerprint density at radius 3 is 2.43 bits per heavy atom. The van der Waals surface area contributed by atoms with Gasteiger partial charge in [0.05, 0.1) is 19.3 Å². The molecule has 0 radical (unpaired) electrons. The van der Waals surface area contributed by atoms with Crippen LogP contribution in [0.15, 0.2) is 6.07 Å². The molecule has 0 bridgehead atoms. The van der Waals surface area contributed by atoms with Crippen LogP contribution in [0.3, 0.4) is 0 Å². The maximum atomic E-state index is 12.5. The molecule has 1 aromatic carbocycles. The normalized spacial score (nSPS) is 35.3. The minimum absolute atomic E-state index is 0.0731. The smallest absolute Gasteiger partial charge is 0.186 e. The van der Waals surface area contributed by atoms with Crippen molar-refractivity contribution >= 4 is 5.78 Å². The van der Waals surface area contributed by atoms with Gasteiger partial charge in [-0.3, -0.25) is 4.79 Å².